The van der Waals surface area contributed by atoms with Gasteiger partial charge in [0.1, 0.15) is 5.75 Å². The van der Waals surface area contributed by atoms with Crippen molar-refractivity contribution in [1.82, 2.24) is 5.32 Å². The lowest BCUT2D eigenvalue weighted by Gasteiger charge is -2.14. The number of amides is 2. The summed E-state index contributed by atoms with van der Waals surface area (Å²) in [5, 5.41) is 5.34. The van der Waals surface area contributed by atoms with Crippen LogP contribution in [0.15, 0.2) is 48.5 Å². The van der Waals surface area contributed by atoms with Gasteiger partial charge in [-0.25, -0.2) is 0 Å². The molecule has 1 saturated heterocycles. The van der Waals surface area contributed by atoms with Crippen molar-refractivity contribution in [2.24, 2.45) is 0 Å². The summed E-state index contributed by atoms with van der Waals surface area (Å²) in [6, 6.07) is 10.7. The number of carbonyl (C=O) groups excluding carboxylic acids is 2. The first-order valence-corrected chi connectivity index (χ1v) is 9.41. The SMILES string of the molecule is O=C(COc1cccc(C(F)(F)F)c1)Nc1ccccc1C(=O)NC[C@@H]1CCCO1. The second-order valence-corrected chi connectivity index (χ2v) is 6.75. The van der Waals surface area contributed by atoms with Crippen LogP contribution in [0.1, 0.15) is 28.8 Å². The summed E-state index contributed by atoms with van der Waals surface area (Å²) < 4.78 is 48.9. The van der Waals surface area contributed by atoms with E-state index in [-0.39, 0.29) is 29.0 Å². The number of nitrogens with one attached hydrogen (secondary N) is 2. The van der Waals surface area contributed by atoms with Crippen LogP contribution in [0, 0.1) is 0 Å². The van der Waals surface area contributed by atoms with E-state index in [1.807, 2.05) is 0 Å². The molecule has 2 N–H and O–H groups in total. The van der Waals surface area contributed by atoms with Gasteiger partial charge in [-0.05, 0) is 43.2 Å². The fraction of sp³-hybridized carbons (Fsp3) is 0.333. The van der Waals surface area contributed by atoms with Crippen LogP contribution in [-0.4, -0.2) is 37.7 Å². The Kier molecular flexibility index (Phi) is 6.94. The molecule has 0 aliphatic carbocycles. The second-order valence-electron chi connectivity index (χ2n) is 6.75. The molecule has 1 heterocycles. The molecule has 1 atom stereocenters. The zero-order valence-electron chi connectivity index (χ0n) is 16.0. The van der Waals surface area contributed by atoms with Crippen LogP contribution in [0.2, 0.25) is 0 Å². The summed E-state index contributed by atoms with van der Waals surface area (Å²) in [4.78, 5) is 24.7. The molecular weight excluding hydrogens is 401 g/mol. The molecule has 0 spiro atoms. The van der Waals surface area contributed by atoms with Gasteiger partial charge in [0.2, 0.25) is 0 Å². The van der Waals surface area contributed by atoms with E-state index in [4.69, 9.17) is 9.47 Å². The van der Waals surface area contributed by atoms with Crippen molar-refractivity contribution in [1.29, 1.82) is 0 Å². The lowest BCUT2D eigenvalue weighted by molar-refractivity contribution is -0.137. The molecule has 1 aliphatic heterocycles. The van der Waals surface area contributed by atoms with Crippen LogP contribution in [0.4, 0.5) is 18.9 Å². The van der Waals surface area contributed by atoms with Crippen LogP contribution < -0.4 is 15.4 Å². The lowest BCUT2D eigenvalue weighted by atomic mass is 10.1. The van der Waals surface area contributed by atoms with Gasteiger partial charge in [0, 0.05) is 13.2 Å². The summed E-state index contributed by atoms with van der Waals surface area (Å²) >= 11 is 0. The predicted molar refractivity (Wildman–Crippen MR) is 103 cm³/mol. The molecule has 0 bridgehead atoms. The van der Waals surface area contributed by atoms with E-state index in [1.54, 1.807) is 24.3 Å². The minimum absolute atomic E-state index is 0.0171. The van der Waals surface area contributed by atoms with Crippen LogP contribution in [0.3, 0.4) is 0 Å². The van der Waals surface area contributed by atoms with Gasteiger partial charge >= 0.3 is 6.18 Å². The normalized spacial score (nSPS) is 16.2. The highest BCUT2D eigenvalue weighted by Crippen LogP contribution is 2.31. The third kappa shape index (κ3) is 5.96. The third-order valence-corrected chi connectivity index (χ3v) is 4.49. The van der Waals surface area contributed by atoms with Gasteiger partial charge in [-0.15, -0.1) is 0 Å². The summed E-state index contributed by atoms with van der Waals surface area (Å²) in [5.41, 5.74) is -0.323. The van der Waals surface area contributed by atoms with E-state index < -0.39 is 24.3 Å². The molecule has 0 unspecified atom stereocenters. The van der Waals surface area contributed by atoms with Crippen LogP contribution in [-0.2, 0) is 15.7 Å². The van der Waals surface area contributed by atoms with Gasteiger partial charge in [0.15, 0.2) is 6.61 Å². The third-order valence-electron chi connectivity index (χ3n) is 4.49. The minimum Gasteiger partial charge on any atom is -0.484 e. The second kappa shape index (κ2) is 9.62. The minimum atomic E-state index is -4.50. The summed E-state index contributed by atoms with van der Waals surface area (Å²) in [6.45, 7) is 0.548. The Morgan fingerprint density at radius 3 is 2.67 bits per heavy atom. The van der Waals surface area contributed by atoms with E-state index in [0.717, 1.165) is 25.0 Å². The maximum absolute atomic E-state index is 12.8. The number of halogens is 3. The fourth-order valence-corrected chi connectivity index (χ4v) is 2.99. The molecule has 2 aromatic rings. The van der Waals surface area contributed by atoms with Crippen molar-refractivity contribution >= 4 is 17.5 Å². The number of rotatable bonds is 7. The number of hydrogen-bond acceptors (Lipinski definition) is 4. The quantitative estimate of drug-likeness (QED) is 0.715. The first kappa shape index (κ1) is 21.6. The number of benzene rings is 2. The molecule has 160 valence electrons. The molecule has 6 nitrogen and oxygen atoms in total. The Morgan fingerprint density at radius 2 is 1.93 bits per heavy atom. The van der Waals surface area contributed by atoms with Gasteiger partial charge < -0.3 is 20.1 Å². The number of anilines is 1. The van der Waals surface area contributed by atoms with Crippen molar-refractivity contribution in [3.8, 4) is 5.75 Å². The highest BCUT2D eigenvalue weighted by Gasteiger charge is 2.30. The Hall–Kier alpha value is -3.07. The molecule has 9 heteroatoms. The van der Waals surface area contributed by atoms with E-state index in [1.165, 1.54) is 12.1 Å². The average Bonchev–Trinajstić information content (AvgIpc) is 3.24. The first-order chi connectivity index (χ1) is 14.3. The van der Waals surface area contributed by atoms with Crippen molar-refractivity contribution in [3.05, 3.63) is 59.7 Å². The van der Waals surface area contributed by atoms with Gasteiger partial charge in [0.25, 0.3) is 11.8 Å². The van der Waals surface area contributed by atoms with Gasteiger partial charge in [-0.1, -0.05) is 18.2 Å². The van der Waals surface area contributed by atoms with E-state index in [0.29, 0.717) is 13.2 Å². The van der Waals surface area contributed by atoms with Crippen molar-refractivity contribution in [2.45, 2.75) is 25.1 Å². The zero-order chi connectivity index (χ0) is 21.6. The molecule has 3 rings (SSSR count). The smallest absolute Gasteiger partial charge is 0.416 e. The highest BCUT2D eigenvalue weighted by atomic mass is 19.4. The number of ether oxygens (including phenoxy) is 2. The Bertz CT molecular complexity index is 896. The monoisotopic (exact) mass is 422 g/mol. The molecule has 0 aromatic heterocycles. The van der Waals surface area contributed by atoms with Gasteiger partial charge in [-0.3, -0.25) is 9.59 Å². The van der Waals surface area contributed by atoms with Crippen LogP contribution in [0.5, 0.6) is 5.75 Å². The van der Waals surface area contributed by atoms with E-state index in [2.05, 4.69) is 10.6 Å². The molecule has 1 fully saturated rings. The molecule has 0 saturated carbocycles. The maximum Gasteiger partial charge on any atom is 0.416 e. The molecule has 2 amide bonds. The lowest BCUT2D eigenvalue weighted by Crippen LogP contribution is -2.32. The van der Waals surface area contributed by atoms with Crippen LogP contribution >= 0.6 is 0 Å². The highest BCUT2D eigenvalue weighted by molar-refractivity contribution is 6.04. The topological polar surface area (TPSA) is 76.7 Å². The van der Waals surface area contributed by atoms with Gasteiger partial charge in [-0.2, -0.15) is 13.2 Å². The molecule has 2 aromatic carbocycles. The Balaban J connectivity index is 1.57. The number of alkyl halides is 3. The maximum atomic E-state index is 12.8. The van der Waals surface area contributed by atoms with Crippen LogP contribution in [0.25, 0.3) is 0 Å². The fourth-order valence-electron chi connectivity index (χ4n) is 2.99. The van der Waals surface area contributed by atoms with E-state index in [9.17, 15) is 22.8 Å². The van der Waals surface area contributed by atoms with Gasteiger partial charge in [0.05, 0.1) is 22.9 Å². The van der Waals surface area contributed by atoms with Crippen molar-refractivity contribution in [2.75, 3.05) is 25.1 Å². The summed E-state index contributed by atoms with van der Waals surface area (Å²) in [7, 11) is 0. The Morgan fingerprint density at radius 1 is 1.13 bits per heavy atom. The molecular formula is C21H21F3N2O4. The average molecular weight is 422 g/mol. The predicted octanol–water partition coefficient (Wildman–Crippen LogP) is 3.63. The first-order valence-electron chi connectivity index (χ1n) is 9.41. The van der Waals surface area contributed by atoms with Crippen molar-refractivity contribution < 1.29 is 32.2 Å². The largest absolute Gasteiger partial charge is 0.484 e. The number of para-hydroxylation sites is 1. The zero-order valence-corrected chi connectivity index (χ0v) is 16.0. The molecule has 1 aliphatic rings. The summed E-state index contributed by atoms with van der Waals surface area (Å²) in [6.07, 6.45) is -2.68. The Labute approximate surface area is 171 Å². The van der Waals surface area contributed by atoms with E-state index >= 15 is 0 Å². The molecule has 0 radical (unpaired) electrons. The number of carbonyl (C=O) groups is 2. The van der Waals surface area contributed by atoms with Crippen molar-refractivity contribution in [3.63, 3.8) is 0 Å². The summed E-state index contributed by atoms with van der Waals surface area (Å²) in [5.74, 6) is -1.05. The number of hydrogen-bond donors (Lipinski definition) is 2. The standard InChI is InChI=1S/C21H21F3N2O4/c22-21(23,24)14-5-3-6-15(11-14)30-13-19(27)26-18-9-2-1-8-17(18)20(28)25-12-16-7-4-10-29-16/h1-3,5-6,8-9,11,16H,4,7,10,12-13H2,(H,25,28)(H,26,27)/t16-/m0/s1. The molecule has 30 heavy (non-hydrogen) atoms.